The molecule has 4 heteroatoms. The number of benzene rings is 2. The summed E-state index contributed by atoms with van der Waals surface area (Å²) in [6, 6.07) is 13.1. The third-order valence-electron chi connectivity index (χ3n) is 4.58. The first-order chi connectivity index (χ1) is 11.8. The maximum absolute atomic E-state index is 14.2. The number of aryl methyl sites for hydroxylation is 1. The van der Waals surface area contributed by atoms with Crippen molar-refractivity contribution in [3.8, 4) is 0 Å². The topological polar surface area (TPSA) is 15.3 Å². The van der Waals surface area contributed by atoms with Crippen LogP contribution in [0.4, 0.5) is 20.2 Å². The smallest absolute Gasteiger partial charge is 0.272 e. The number of hydrogen-bond donors (Lipinski definition) is 1. The zero-order valence-electron chi connectivity index (χ0n) is 14.8. The van der Waals surface area contributed by atoms with Gasteiger partial charge in [-0.1, -0.05) is 24.8 Å². The molecule has 1 N–H and O–H groups in total. The Morgan fingerprint density at radius 1 is 1.12 bits per heavy atom. The van der Waals surface area contributed by atoms with E-state index >= 15 is 0 Å². The lowest BCUT2D eigenvalue weighted by atomic mass is 10.0. The van der Waals surface area contributed by atoms with Gasteiger partial charge in [-0.3, -0.25) is 0 Å². The molecule has 2 aromatic carbocycles. The van der Waals surface area contributed by atoms with Crippen LogP contribution in [0.1, 0.15) is 36.5 Å². The van der Waals surface area contributed by atoms with Gasteiger partial charge in [-0.15, -0.1) is 0 Å². The van der Waals surface area contributed by atoms with Crippen LogP contribution in [0.25, 0.3) is 5.70 Å². The minimum absolute atomic E-state index is 0.0686. The Balaban J connectivity index is 1.90. The summed E-state index contributed by atoms with van der Waals surface area (Å²) in [5.74, 6) is -2.89. The molecule has 0 saturated carbocycles. The van der Waals surface area contributed by atoms with E-state index in [0.717, 1.165) is 44.1 Å². The van der Waals surface area contributed by atoms with E-state index in [2.05, 4.69) is 11.9 Å². The fourth-order valence-electron chi connectivity index (χ4n) is 3.28. The van der Waals surface area contributed by atoms with Gasteiger partial charge in [0.05, 0.1) is 0 Å². The lowest BCUT2D eigenvalue weighted by Crippen LogP contribution is -2.22. The molecule has 0 bridgehead atoms. The zero-order valence-corrected chi connectivity index (χ0v) is 14.8. The van der Waals surface area contributed by atoms with Crippen molar-refractivity contribution < 1.29 is 8.78 Å². The molecule has 0 radical (unpaired) electrons. The van der Waals surface area contributed by atoms with Gasteiger partial charge in [0.2, 0.25) is 0 Å². The van der Waals surface area contributed by atoms with Gasteiger partial charge in [-0.2, -0.15) is 0 Å². The Bertz CT molecular complexity index is 772. The SMILES string of the molecule is C=C(Nc1cccc(C)c1)c1ccc(N2CCCC2)c(C(C)(F)F)c1. The van der Waals surface area contributed by atoms with Gasteiger partial charge in [-0.25, -0.2) is 8.78 Å². The summed E-state index contributed by atoms with van der Waals surface area (Å²) in [4.78, 5) is 2.05. The fraction of sp³-hybridized carbons (Fsp3) is 0.333. The van der Waals surface area contributed by atoms with Crippen molar-refractivity contribution in [3.63, 3.8) is 0 Å². The minimum atomic E-state index is -2.89. The summed E-state index contributed by atoms with van der Waals surface area (Å²) in [5.41, 5.74) is 4.03. The minimum Gasteiger partial charge on any atom is -0.371 e. The molecular weight excluding hydrogens is 318 g/mol. The monoisotopic (exact) mass is 342 g/mol. The van der Waals surface area contributed by atoms with Crippen LogP contribution in [0.2, 0.25) is 0 Å². The van der Waals surface area contributed by atoms with Crippen LogP contribution in [0.15, 0.2) is 49.0 Å². The molecule has 0 aliphatic carbocycles. The van der Waals surface area contributed by atoms with Crippen LogP contribution in [0, 0.1) is 6.92 Å². The Labute approximate surface area is 148 Å². The standard InChI is InChI=1S/C21H24F2N2/c1-15-7-6-8-18(13-15)24-16(2)17-9-10-20(25-11-4-5-12-25)19(14-17)21(3,22)23/h6-10,13-14,24H,2,4-5,11-12H2,1,3H3. The average molecular weight is 342 g/mol. The van der Waals surface area contributed by atoms with E-state index in [4.69, 9.17) is 0 Å². The van der Waals surface area contributed by atoms with Gasteiger partial charge in [0.1, 0.15) is 0 Å². The van der Waals surface area contributed by atoms with Gasteiger partial charge in [0.25, 0.3) is 5.92 Å². The van der Waals surface area contributed by atoms with E-state index in [1.165, 1.54) is 0 Å². The maximum Gasteiger partial charge on any atom is 0.272 e. The van der Waals surface area contributed by atoms with Crippen LogP contribution < -0.4 is 10.2 Å². The third kappa shape index (κ3) is 4.01. The van der Waals surface area contributed by atoms with Crippen LogP contribution in [0.5, 0.6) is 0 Å². The summed E-state index contributed by atoms with van der Waals surface area (Å²) in [6.45, 7) is 8.68. The van der Waals surface area contributed by atoms with E-state index in [0.29, 0.717) is 16.9 Å². The van der Waals surface area contributed by atoms with Crippen molar-refractivity contribution in [2.45, 2.75) is 32.6 Å². The summed E-state index contributed by atoms with van der Waals surface area (Å²) >= 11 is 0. The number of halogens is 2. The second-order valence-electron chi connectivity index (χ2n) is 6.79. The molecule has 0 amide bonds. The Hall–Kier alpha value is -2.36. The number of nitrogens with one attached hydrogen (secondary N) is 1. The number of nitrogens with zero attached hydrogens (tertiary/aromatic N) is 1. The molecule has 2 aromatic rings. The summed E-state index contributed by atoms with van der Waals surface area (Å²) in [6.07, 6.45) is 2.11. The van der Waals surface area contributed by atoms with Crippen molar-refractivity contribution in [3.05, 3.63) is 65.7 Å². The van der Waals surface area contributed by atoms with Crippen LogP contribution >= 0.6 is 0 Å². The van der Waals surface area contributed by atoms with Crippen LogP contribution in [-0.4, -0.2) is 13.1 Å². The normalized spacial score (nSPS) is 14.6. The highest BCUT2D eigenvalue weighted by atomic mass is 19.3. The third-order valence-corrected chi connectivity index (χ3v) is 4.58. The van der Waals surface area contributed by atoms with Gasteiger partial charge >= 0.3 is 0 Å². The number of rotatable bonds is 5. The highest BCUT2D eigenvalue weighted by Gasteiger charge is 2.30. The number of alkyl halides is 2. The van der Waals surface area contributed by atoms with E-state index in [-0.39, 0.29) is 5.56 Å². The number of anilines is 2. The van der Waals surface area contributed by atoms with Crippen molar-refractivity contribution in [2.75, 3.05) is 23.3 Å². The van der Waals surface area contributed by atoms with E-state index in [1.807, 2.05) is 42.2 Å². The second-order valence-corrected chi connectivity index (χ2v) is 6.79. The molecule has 2 nitrogen and oxygen atoms in total. The lowest BCUT2D eigenvalue weighted by molar-refractivity contribution is 0.0179. The molecular formula is C21H24F2N2. The summed E-state index contributed by atoms with van der Waals surface area (Å²) in [7, 11) is 0. The van der Waals surface area contributed by atoms with Crippen molar-refractivity contribution in [2.24, 2.45) is 0 Å². The molecule has 1 aliphatic heterocycles. The number of hydrogen-bond acceptors (Lipinski definition) is 2. The van der Waals surface area contributed by atoms with Crippen molar-refractivity contribution in [1.29, 1.82) is 0 Å². The Morgan fingerprint density at radius 2 is 1.84 bits per heavy atom. The van der Waals surface area contributed by atoms with Gasteiger partial charge < -0.3 is 10.2 Å². The van der Waals surface area contributed by atoms with Crippen LogP contribution in [-0.2, 0) is 5.92 Å². The molecule has 1 fully saturated rings. The highest BCUT2D eigenvalue weighted by molar-refractivity contribution is 5.77. The highest BCUT2D eigenvalue weighted by Crippen LogP contribution is 2.38. The molecule has 25 heavy (non-hydrogen) atoms. The predicted molar refractivity (Wildman–Crippen MR) is 101 cm³/mol. The first-order valence-electron chi connectivity index (χ1n) is 8.65. The molecule has 0 spiro atoms. The largest absolute Gasteiger partial charge is 0.371 e. The maximum atomic E-state index is 14.2. The fourth-order valence-corrected chi connectivity index (χ4v) is 3.28. The van der Waals surface area contributed by atoms with Crippen LogP contribution in [0.3, 0.4) is 0 Å². The van der Waals surface area contributed by atoms with Crippen molar-refractivity contribution in [1.82, 2.24) is 0 Å². The Morgan fingerprint density at radius 3 is 2.48 bits per heavy atom. The Kier molecular flexibility index (Phi) is 4.80. The van der Waals surface area contributed by atoms with E-state index in [1.54, 1.807) is 12.1 Å². The molecule has 3 rings (SSSR count). The quantitative estimate of drug-likeness (QED) is 0.740. The van der Waals surface area contributed by atoms with Crippen molar-refractivity contribution >= 4 is 17.1 Å². The van der Waals surface area contributed by atoms with E-state index in [9.17, 15) is 8.78 Å². The summed E-state index contributed by atoms with van der Waals surface area (Å²) in [5, 5.41) is 3.21. The second kappa shape index (κ2) is 6.87. The molecule has 132 valence electrons. The first kappa shape index (κ1) is 17.5. The molecule has 1 heterocycles. The molecule has 0 aromatic heterocycles. The molecule has 1 aliphatic rings. The molecule has 0 atom stereocenters. The first-order valence-corrected chi connectivity index (χ1v) is 8.65. The van der Waals surface area contributed by atoms with Gasteiger partial charge in [0, 0.05) is 42.6 Å². The van der Waals surface area contributed by atoms with Gasteiger partial charge in [0.15, 0.2) is 0 Å². The van der Waals surface area contributed by atoms with Gasteiger partial charge in [-0.05, 0) is 55.2 Å². The average Bonchev–Trinajstić information content (AvgIpc) is 3.08. The van der Waals surface area contributed by atoms with E-state index < -0.39 is 5.92 Å². The predicted octanol–water partition coefficient (Wildman–Crippen LogP) is 5.79. The lowest BCUT2D eigenvalue weighted by Gasteiger charge is -2.25. The molecule has 0 unspecified atom stereocenters. The summed E-state index contributed by atoms with van der Waals surface area (Å²) < 4.78 is 28.4. The molecule has 1 saturated heterocycles. The zero-order chi connectivity index (χ0) is 18.0.